The van der Waals surface area contributed by atoms with Crippen molar-refractivity contribution in [2.24, 2.45) is 0 Å². The first-order valence-electron chi connectivity index (χ1n) is 7.80. The molecule has 22 heavy (non-hydrogen) atoms. The van der Waals surface area contributed by atoms with Crippen molar-refractivity contribution >= 4 is 10.0 Å². The van der Waals surface area contributed by atoms with E-state index in [-0.39, 0.29) is 5.25 Å². The SMILES string of the molecule is N#Cc1cccc(CN2CCCN(S(=O)(=O)C3CC3)CC2)c1. The molecule has 0 amide bonds. The van der Waals surface area contributed by atoms with Crippen molar-refractivity contribution in [3.63, 3.8) is 0 Å². The average Bonchev–Trinajstić information content (AvgIpc) is 3.35. The molecular weight excluding hydrogens is 298 g/mol. The number of hydrogen-bond donors (Lipinski definition) is 0. The van der Waals surface area contributed by atoms with Crippen LogP contribution in [0.15, 0.2) is 24.3 Å². The van der Waals surface area contributed by atoms with Crippen LogP contribution in [0.3, 0.4) is 0 Å². The Bertz CT molecular complexity index is 677. The van der Waals surface area contributed by atoms with Crippen LogP contribution in [0.25, 0.3) is 0 Å². The lowest BCUT2D eigenvalue weighted by Gasteiger charge is -2.21. The lowest BCUT2D eigenvalue weighted by Crippen LogP contribution is -2.37. The van der Waals surface area contributed by atoms with Gasteiger partial charge in [-0.15, -0.1) is 0 Å². The van der Waals surface area contributed by atoms with Crippen LogP contribution in [0.2, 0.25) is 0 Å². The summed E-state index contributed by atoms with van der Waals surface area (Å²) in [6.07, 6.45) is 2.51. The molecule has 0 bridgehead atoms. The van der Waals surface area contributed by atoms with Gasteiger partial charge in [0.05, 0.1) is 16.9 Å². The first-order valence-corrected chi connectivity index (χ1v) is 9.30. The molecule has 0 atom stereocenters. The van der Waals surface area contributed by atoms with Gasteiger partial charge in [-0.3, -0.25) is 4.90 Å². The molecule has 1 heterocycles. The van der Waals surface area contributed by atoms with E-state index >= 15 is 0 Å². The highest BCUT2D eigenvalue weighted by atomic mass is 32.2. The summed E-state index contributed by atoms with van der Waals surface area (Å²) in [5.41, 5.74) is 1.78. The fraction of sp³-hybridized carbons (Fsp3) is 0.562. The fourth-order valence-electron chi connectivity index (χ4n) is 2.93. The monoisotopic (exact) mass is 319 g/mol. The van der Waals surface area contributed by atoms with Gasteiger partial charge in [0, 0.05) is 26.2 Å². The Kier molecular flexibility index (Phi) is 4.48. The van der Waals surface area contributed by atoms with E-state index in [2.05, 4.69) is 11.0 Å². The van der Waals surface area contributed by atoms with E-state index in [4.69, 9.17) is 5.26 Å². The van der Waals surface area contributed by atoms with Gasteiger partial charge in [-0.05, 0) is 43.5 Å². The summed E-state index contributed by atoms with van der Waals surface area (Å²) >= 11 is 0. The molecule has 2 fully saturated rings. The third-order valence-corrected chi connectivity index (χ3v) is 6.71. The Hall–Kier alpha value is -1.42. The standard InChI is InChI=1S/C16H21N3O2S/c17-12-14-3-1-4-15(11-14)13-18-7-2-8-19(10-9-18)22(20,21)16-5-6-16/h1,3-4,11,16H,2,5-10,13H2. The van der Waals surface area contributed by atoms with Crippen LogP contribution in [0.1, 0.15) is 30.4 Å². The number of benzene rings is 1. The summed E-state index contributed by atoms with van der Waals surface area (Å²) < 4.78 is 26.3. The number of nitrogens with zero attached hydrogens (tertiary/aromatic N) is 3. The molecule has 0 unspecified atom stereocenters. The molecular formula is C16H21N3O2S. The summed E-state index contributed by atoms with van der Waals surface area (Å²) in [4.78, 5) is 2.28. The summed E-state index contributed by atoms with van der Waals surface area (Å²) in [6.45, 7) is 3.63. The van der Waals surface area contributed by atoms with Crippen molar-refractivity contribution in [3.05, 3.63) is 35.4 Å². The van der Waals surface area contributed by atoms with Crippen LogP contribution >= 0.6 is 0 Å². The molecule has 0 spiro atoms. The van der Waals surface area contributed by atoms with Crippen molar-refractivity contribution in [1.29, 1.82) is 5.26 Å². The summed E-state index contributed by atoms with van der Waals surface area (Å²) in [5.74, 6) is 0. The molecule has 0 radical (unpaired) electrons. The number of rotatable bonds is 4. The normalized spacial score (nSPS) is 21.2. The predicted molar refractivity (Wildman–Crippen MR) is 84.6 cm³/mol. The van der Waals surface area contributed by atoms with E-state index in [1.165, 1.54) is 0 Å². The Morgan fingerprint density at radius 3 is 2.73 bits per heavy atom. The summed E-state index contributed by atoms with van der Waals surface area (Å²) in [5, 5.41) is 8.84. The van der Waals surface area contributed by atoms with Crippen molar-refractivity contribution in [2.75, 3.05) is 26.2 Å². The average molecular weight is 319 g/mol. The van der Waals surface area contributed by atoms with E-state index < -0.39 is 10.0 Å². The van der Waals surface area contributed by atoms with E-state index in [1.807, 2.05) is 18.2 Å². The molecule has 0 N–H and O–H groups in total. The van der Waals surface area contributed by atoms with Gasteiger partial charge in [0.2, 0.25) is 10.0 Å². The Balaban J connectivity index is 1.62. The predicted octanol–water partition coefficient (Wildman–Crippen LogP) is 1.56. The second-order valence-corrected chi connectivity index (χ2v) is 8.30. The maximum Gasteiger partial charge on any atom is 0.217 e. The Morgan fingerprint density at radius 2 is 2.00 bits per heavy atom. The first kappa shape index (κ1) is 15.5. The third-order valence-electron chi connectivity index (χ3n) is 4.32. The van der Waals surface area contributed by atoms with Gasteiger partial charge in [-0.2, -0.15) is 5.26 Å². The molecule has 1 aliphatic heterocycles. The third kappa shape index (κ3) is 3.49. The van der Waals surface area contributed by atoms with Crippen molar-refractivity contribution in [2.45, 2.75) is 31.1 Å². The number of hydrogen-bond acceptors (Lipinski definition) is 4. The second kappa shape index (κ2) is 6.37. The van der Waals surface area contributed by atoms with Crippen molar-refractivity contribution < 1.29 is 8.42 Å². The zero-order chi connectivity index (χ0) is 15.6. The Labute approximate surface area is 132 Å². The highest BCUT2D eigenvalue weighted by Crippen LogP contribution is 2.31. The molecule has 2 aliphatic rings. The zero-order valence-electron chi connectivity index (χ0n) is 12.6. The topological polar surface area (TPSA) is 64.4 Å². The second-order valence-electron chi connectivity index (χ2n) is 6.09. The molecule has 3 rings (SSSR count). The van der Waals surface area contributed by atoms with E-state index in [9.17, 15) is 8.42 Å². The molecule has 1 aliphatic carbocycles. The van der Waals surface area contributed by atoms with Crippen LogP contribution < -0.4 is 0 Å². The van der Waals surface area contributed by atoms with Gasteiger partial charge < -0.3 is 0 Å². The highest BCUT2D eigenvalue weighted by Gasteiger charge is 2.40. The molecule has 5 nitrogen and oxygen atoms in total. The minimum atomic E-state index is -3.06. The van der Waals surface area contributed by atoms with Gasteiger partial charge in [-0.25, -0.2) is 12.7 Å². The molecule has 0 aromatic heterocycles. The van der Waals surface area contributed by atoms with Gasteiger partial charge in [0.15, 0.2) is 0 Å². The molecule has 6 heteroatoms. The van der Waals surface area contributed by atoms with Gasteiger partial charge in [-0.1, -0.05) is 12.1 Å². The largest absolute Gasteiger partial charge is 0.298 e. The van der Waals surface area contributed by atoms with E-state index in [0.717, 1.165) is 44.5 Å². The maximum atomic E-state index is 12.3. The van der Waals surface area contributed by atoms with E-state index in [1.54, 1.807) is 10.4 Å². The lowest BCUT2D eigenvalue weighted by molar-refractivity contribution is 0.278. The van der Waals surface area contributed by atoms with Crippen LogP contribution in [0, 0.1) is 11.3 Å². The van der Waals surface area contributed by atoms with Crippen LogP contribution in [-0.2, 0) is 16.6 Å². The number of sulfonamides is 1. The van der Waals surface area contributed by atoms with Gasteiger partial charge in [0.25, 0.3) is 0 Å². The van der Waals surface area contributed by atoms with Crippen LogP contribution in [0.5, 0.6) is 0 Å². The van der Waals surface area contributed by atoms with Crippen molar-refractivity contribution in [3.8, 4) is 6.07 Å². The molecule has 1 aromatic carbocycles. The maximum absolute atomic E-state index is 12.3. The molecule has 1 aromatic rings. The zero-order valence-corrected chi connectivity index (χ0v) is 13.4. The summed E-state index contributed by atoms with van der Waals surface area (Å²) in [6, 6.07) is 9.78. The van der Waals surface area contributed by atoms with Crippen molar-refractivity contribution in [1.82, 2.24) is 9.21 Å². The molecule has 1 saturated heterocycles. The fourth-order valence-corrected chi connectivity index (χ4v) is 4.81. The van der Waals surface area contributed by atoms with Crippen LogP contribution in [-0.4, -0.2) is 49.1 Å². The molecule has 1 saturated carbocycles. The quantitative estimate of drug-likeness (QED) is 0.845. The molecule has 118 valence electrons. The Morgan fingerprint density at radius 1 is 1.18 bits per heavy atom. The minimum Gasteiger partial charge on any atom is -0.298 e. The van der Waals surface area contributed by atoms with Gasteiger partial charge >= 0.3 is 0 Å². The summed E-state index contributed by atoms with van der Waals surface area (Å²) in [7, 11) is -3.06. The van der Waals surface area contributed by atoms with Crippen LogP contribution in [0.4, 0.5) is 0 Å². The highest BCUT2D eigenvalue weighted by molar-refractivity contribution is 7.90. The van der Waals surface area contributed by atoms with E-state index in [0.29, 0.717) is 18.7 Å². The smallest absolute Gasteiger partial charge is 0.217 e. The first-order chi connectivity index (χ1) is 10.6. The minimum absolute atomic E-state index is 0.119. The lowest BCUT2D eigenvalue weighted by atomic mass is 10.1. The number of nitriles is 1. The van der Waals surface area contributed by atoms with Gasteiger partial charge in [0.1, 0.15) is 0 Å².